The Bertz CT molecular complexity index is 1000. The molecule has 9 heteroatoms. The van der Waals surface area contributed by atoms with Crippen molar-refractivity contribution in [1.82, 2.24) is 0 Å². The van der Waals surface area contributed by atoms with Crippen LogP contribution in [0.3, 0.4) is 0 Å². The van der Waals surface area contributed by atoms with E-state index in [9.17, 15) is 19.8 Å². The molecule has 2 aromatic rings. The fourth-order valence-corrected chi connectivity index (χ4v) is 4.01. The van der Waals surface area contributed by atoms with Gasteiger partial charge in [0, 0.05) is 0 Å². The highest BCUT2D eigenvalue weighted by atomic mass is 32.2. The number of thioether (sulfide) groups is 1. The molecule has 0 spiro atoms. The highest BCUT2D eigenvalue weighted by Gasteiger charge is 2.34. The second-order valence-corrected chi connectivity index (χ2v) is 7.28. The molecule has 1 fully saturated rings. The molecular weight excluding hydrogens is 402 g/mol. The molecule has 1 saturated heterocycles. The summed E-state index contributed by atoms with van der Waals surface area (Å²) in [5.41, 5.74) is 0.683. The number of methoxy groups -OCH3 is 2. The maximum Gasteiger partial charge on any atom is 0.340 e. The number of carboxylic acids is 1. The third kappa shape index (κ3) is 3.54. The van der Waals surface area contributed by atoms with Crippen LogP contribution in [0.2, 0.25) is 0 Å². The number of amides is 1. The predicted molar refractivity (Wildman–Crippen MR) is 110 cm³/mol. The van der Waals surface area contributed by atoms with E-state index < -0.39 is 5.97 Å². The van der Waals surface area contributed by atoms with Gasteiger partial charge in [0.2, 0.25) is 0 Å². The lowest BCUT2D eigenvalue weighted by Gasteiger charge is -2.14. The van der Waals surface area contributed by atoms with Crippen molar-refractivity contribution in [1.29, 1.82) is 0 Å². The molecule has 1 aliphatic heterocycles. The van der Waals surface area contributed by atoms with Gasteiger partial charge in [-0.3, -0.25) is 9.69 Å². The quantitative estimate of drug-likeness (QED) is 0.564. The Balaban J connectivity index is 2.05. The van der Waals surface area contributed by atoms with Crippen LogP contribution in [0.1, 0.15) is 15.9 Å². The van der Waals surface area contributed by atoms with Gasteiger partial charge in [0.15, 0.2) is 15.8 Å². The molecule has 0 aromatic heterocycles. The molecule has 1 amide bonds. The number of nitrogens with zero attached hydrogens (tertiary/aromatic N) is 1. The van der Waals surface area contributed by atoms with Crippen molar-refractivity contribution in [2.24, 2.45) is 0 Å². The Kier molecular flexibility index (Phi) is 5.57. The Morgan fingerprint density at radius 2 is 1.82 bits per heavy atom. The van der Waals surface area contributed by atoms with Crippen molar-refractivity contribution in [3.63, 3.8) is 0 Å². The average molecular weight is 417 g/mol. The number of anilines is 1. The van der Waals surface area contributed by atoms with Crippen molar-refractivity contribution in [3.8, 4) is 17.2 Å². The van der Waals surface area contributed by atoms with Crippen molar-refractivity contribution >= 4 is 51.9 Å². The molecule has 0 saturated carbocycles. The molecule has 1 aliphatic rings. The van der Waals surface area contributed by atoms with E-state index in [1.165, 1.54) is 43.4 Å². The largest absolute Gasteiger partial charge is 0.508 e. The first-order valence-electron chi connectivity index (χ1n) is 7.92. The van der Waals surface area contributed by atoms with Crippen molar-refractivity contribution < 1.29 is 29.3 Å². The summed E-state index contributed by atoms with van der Waals surface area (Å²) in [4.78, 5) is 26.2. The molecular formula is C19H15NO6S2. The summed E-state index contributed by atoms with van der Waals surface area (Å²) in [6.07, 6.45) is 1.46. The lowest BCUT2D eigenvalue weighted by Crippen LogP contribution is -2.27. The first-order valence-corrected chi connectivity index (χ1v) is 9.15. The van der Waals surface area contributed by atoms with E-state index in [-0.39, 0.29) is 39.2 Å². The molecule has 0 unspecified atom stereocenters. The second kappa shape index (κ2) is 7.91. The van der Waals surface area contributed by atoms with Crippen LogP contribution in [0.15, 0.2) is 41.3 Å². The smallest absolute Gasteiger partial charge is 0.340 e. The molecule has 0 atom stereocenters. The SMILES string of the molecule is COc1ccc(/C=C2/SC(=S)N(c3ccc(O)cc3)C2=O)c(C(=O)O)c1OC. The van der Waals surface area contributed by atoms with Crippen LogP contribution in [0.25, 0.3) is 6.08 Å². The second-order valence-electron chi connectivity index (χ2n) is 5.60. The van der Waals surface area contributed by atoms with Gasteiger partial charge in [-0.2, -0.15) is 0 Å². The Morgan fingerprint density at radius 3 is 2.39 bits per heavy atom. The van der Waals surface area contributed by atoms with E-state index in [0.29, 0.717) is 10.0 Å². The highest BCUT2D eigenvalue weighted by Crippen LogP contribution is 2.39. The van der Waals surface area contributed by atoms with Gasteiger partial charge >= 0.3 is 5.97 Å². The van der Waals surface area contributed by atoms with Gasteiger partial charge in [0.25, 0.3) is 5.91 Å². The van der Waals surface area contributed by atoms with E-state index in [2.05, 4.69) is 0 Å². The topological polar surface area (TPSA) is 96.3 Å². The summed E-state index contributed by atoms with van der Waals surface area (Å²) < 4.78 is 10.6. The number of aromatic carboxylic acids is 1. The molecule has 0 radical (unpaired) electrons. The van der Waals surface area contributed by atoms with E-state index >= 15 is 0 Å². The monoisotopic (exact) mass is 417 g/mol. The minimum absolute atomic E-state index is 0.0674. The molecule has 28 heavy (non-hydrogen) atoms. The number of phenolic OH excluding ortho intramolecular Hbond substituents is 1. The van der Waals surface area contributed by atoms with Gasteiger partial charge in [-0.05, 0) is 42.0 Å². The summed E-state index contributed by atoms with van der Waals surface area (Å²) in [6.45, 7) is 0. The molecule has 0 aliphatic carbocycles. The summed E-state index contributed by atoms with van der Waals surface area (Å²) in [7, 11) is 2.75. The Hall–Kier alpha value is -3.04. The first kappa shape index (κ1) is 19.7. The number of thiocarbonyl (C=S) groups is 1. The van der Waals surface area contributed by atoms with Gasteiger partial charge in [0.1, 0.15) is 11.3 Å². The lowest BCUT2D eigenvalue weighted by molar-refractivity contribution is -0.113. The van der Waals surface area contributed by atoms with Crippen molar-refractivity contribution in [3.05, 3.63) is 52.4 Å². The number of hydrogen-bond acceptors (Lipinski definition) is 7. The number of carboxylic acid groups (broad SMARTS) is 1. The Labute approximate surface area is 170 Å². The maximum atomic E-state index is 12.8. The zero-order valence-corrected chi connectivity index (χ0v) is 16.5. The third-order valence-corrected chi connectivity index (χ3v) is 5.28. The summed E-state index contributed by atoms with van der Waals surface area (Å²) >= 11 is 6.36. The molecule has 1 heterocycles. The van der Waals surface area contributed by atoms with E-state index in [1.807, 2.05) is 0 Å². The molecule has 7 nitrogen and oxygen atoms in total. The fraction of sp³-hybridized carbons (Fsp3) is 0.105. The summed E-state index contributed by atoms with van der Waals surface area (Å²) in [5, 5.41) is 19.1. The third-order valence-electron chi connectivity index (χ3n) is 3.98. The molecule has 2 aromatic carbocycles. The number of hydrogen-bond donors (Lipinski definition) is 2. The predicted octanol–water partition coefficient (Wildman–Crippen LogP) is 3.51. The van der Waals surface area contributed by atoms with Crippen LogP contribution >= 0.6 is 24.0 Å². The number of aromatic hydroxyl groups is 1. The van der Waals surface area contributed by atoms with Crippen LogP contribution in [-0.2, 0) is 4.79 Å². The van der Waals surface area contributed by atoms with Gasteiger partial charge in [-0.25, -0.2) is 4.79 Å². The van der Waals surface area contributed by atoms with E-state index in [4.69, 9.17) is 21.7 Å². The van der Waals surface area contributed by atoms with Gasteiger partial charge in [-0.1, -0.05) is 30.0 Å². The number of ether oxygens (including phenoxy) is 2. The first-order chi connectivity index (χ1) is 13.4. The normalized spacial score (nSPS) is 15.2. The molecule has 3 rings (SSSR count). The number of rotatable bonds is 5. The molecule has 144 valence electrons. The van der Waals surface area contributed by atoms with Crippen molar-refractivity contribution in [2.45, 2.75) is 0 Å². The summed E-state index contributed by atoms with van der Waals surface area (Å²) in [5.74, 6) is -1.18. The van der Waals surface area contributed by atoms with Crippen LogP contribution in [0.5, 0.6) is 17.2 Å². The number of carbonyl (C=O) groups excluding carboxylic acids is 1. The van der Waals surface area contributed by atoms with Gasteiger partial charge in [-0.15, -0.1) is 0 Å². The highest BCUT2D eigenvalue weighted by molar-refractivity contribution is 8.27. The van der Waals surface area contributed by atoms with Gasteiger partial charge < -0.3 is 19.7 Å². The van der Waals surface area contributed by atoms with Crippen molar-refractivity contribution in [2.75, 3.05) is 19.1 Å². The lowest BCUT2D eigenvalue weighted by atomic mass is 10.0. The van der Waals surface area contributed by atoms with Crippen LogP contribution in [0.4, 0.5) is 5.69 Å². The fourth-order valence-electron chi connectivity index (χ4n) is 2.72. The maximum absolute atomic E-state index is 12.8. The van der Waals surface area contributed by atoms with E-state index in [1.54, 1.807) is 18.2 Å². The minimum Gasteiger partial charge on any atom is -0.508 e. The molecule has 2 N–H and O–H groups in total. The summed E-state index contributed by atoms with van der Waals surface area (Å²) in [6, 6.07) is 9.16. The average Bonchev–Trinajstić information content (AvgIpc) is 2.95. The Morgan fingerprint density at radius 1 is 1.14 bits per heavy atom. The number of phenols is 1. The number of benzene rings is 2. The van der Waals surface area contributed by atoms with E-state index in [0.717, 1.165) is 11.8 Å². The minimum atomic E-state index is -1.21. The zero-order valence-electron chi connectivity index (χ0n) is 14.8. The zero-order chi connectivity index (χ0) is 20.4. The van der Waals surface area contributed by atoms with Crippen LogP contribution in [-0.4, -0.2) is 40.6 Å². The standard InChI is InChI=1S/C19H15NO6S2/c1-25-13-8-3-10(15(18(23)24)16(13)26-2)9-14-17(22)20(19(27)28-14)11-4-6-12(21)7-5-11/h3-9,21H,1-2H3,(H,23,24)/b14-9+. The molecule has 0 bridgehead atoms. The van der Waals surface area contributed by atoms with Crippen LogP contribution < -0.4 is 14.4 Å². The number of carbonyl (C=O) groups is 2. The van der Waals surface area contributed by atoms with Crippen LogP contribution in [0, 0.1) is 0 Å². The van der Waals surface area contributed by atoms with Gasteiger partial charge in [0.05, 0.1) is 24.8 Å².